The van der Waals surface area contributed by atoms with Gasteiger partial charge in [0.15, 0.2) is 0 Å². The van der Waals surface area contributed by atoms with Gasteiger partial charge in [-0.1, -0.05) is 12.8 Å². The lowest BCUT2D eigenvalue weighted by atomic mass is 9.84. The molecule has 0 aromatic heterocycles. The van der Waals surface area contributed by atoms with E-state index in [0.717, 1.165) is 37.0 Å². The maximum absolute atomic E-state index is 12.3. The number of fused-ring (bicyclic) bond motifs is 3. The van der Waals surface area contributed by atoms with E-state index < -0.39 is 6.10 Å². The van der Waals surface area contributed by atoms with Crippen molar-refractivity contribution < 1.29 is 28.9 Å². The Balaban J connectivity index is 1.47. The minimum absolute atomic E-state index is 0.0230. The molecule has 8 heteroatoms. The Bertz CT molecular complexity index is 764. The van der Waals surface area contributed by atoms with Gasteiger partial charge in [-0.05, 0) is 37.5 Å². The molecular weight excluding hydrogens is 376 g/mol. The van der Waals surface area contributed by atoms with Crippen molar-refractivity contribution in [3.8, 4) is 5.75 Å². The second-order valence-corrected chi connectivity index (χ2v) is 8.02. The van der Waals surface area contributed by atoms with Crippen LogP contribution in [-0.2, 0) is 14.3 Å². The summed E-state index contributed by atoms with van der Waals surface area (Å²) in [6.07, 6.45) is 3.91. The fourth-order valence-electron chi connectivity index (χ4n) is 4.66. The number of methoxy groups -OCH3 is 1. The van der Waals surface area contributed by atoms with Gasteiger partial charge in [-0.2, -0.15) is 0 Å². The van der Waals surface area contributed by atoms with Gasteiger partial charge in [0, 0.05) is 23.2 Å². The second kappa shape index (κ2) is 8.59. The Morgan fingerprint density at radius 2 is 2.07 bits per heavy atom. The minimum atomic E-state index is -0.516. The Morgan fingerprint density at radius 3 is 2.79 bits per heavy atom. The topological polar surface area (TPSA) is 106 Å². The summed E-state index contributed by atoms with van der Waals surface area (Å²) >= 11 is 0. The lowest BCUT2D eigenvalue weighted by molar-refractivity contribution is -0.156. The first kappa shape index (κ1) is 20.0. The van der Waals surface area contributed by atoms with Crippen molar-refractivity contribution >= 4 is 17.7 Å². The highest BCUT2D eigenvalue weighted by molar-refractivity contribution is 5.89. The van der Waals surface area contributed by atoms with Gasteiger partial charge >= 0.3 is 12.0 Å². The molecule has 1 saturated carbocycles. The third kappa shape index (κ3) is 4.33. The Morgan fingerprint density at radius 1 is 1.28 bits per heavy atom. The fourth-order valence-corrected chi connectivity index (χ4v) is 4.66. The molecule has 4 atom stereocenters. The summed E-state index contributed by atoms with van der Waals surface area (Å²) in [6.45, 7) is -0.193. The number of aliphatic hydroxyl groups excluding tert-OH is 1. The van der Waals surface area contributed by atoms with Crippen LogP contribution in [0.25, 0.3) is 0 Å². The van der Waals surface area contributed by atoms with E-state index in [9.17, 15) is 14.7 Å². The number of carbonyl (C=O) groups excluding carboxylic acids is 2. The summed E-state index contributed by atoms with van der Waals surface area (Å²) in [5, 5.41) is 15.7. The van der Waals surface area contributed by atoms with Crippen molar-refractivity contribution in [2.45, 2.75) is 68.8 Å². The van der Waals surface area contributed by atoms with Crippen LogP contribution in [0.4, 0.5) is 10.5 Å². The highest BCUT2D eigenvalue weighted by Crippen LogP contribution is 2.47. The van der Waals surface area contributed by atoms with Crippen LogP contribution in [0.5, 0.6) is 5.75 Å². The maximum atomic E-state index is 12.3. The van der Waals surface area contributed by atoms with Gasteiger partial charge in [0.25, 0.3) is 0 Å². The van der Waals surface area contributed by atoms with E-state index in [1.54, 1.807) is 0 Å². The zero-order chi connectivity index (χ0) is 20.4. The summed E-state index contributed by atoms with van der Waals surface area (Å²) in [7, 11) is 1.35. The van der Waals surface area contributed by atoms with E-state index in [2.05, 4.69) is 10.6 Å². The van der Waals surface area contributed by atoms with E-state index in [4.69, 9.17) is 14.2 Å². The molecule has 3 N–H and O–H groups in total. The molecular formula is C21H28N2O6. The van der Waals surface area contributed by atoms with E-state index in [0.29, 0.717) is 12.1 Å². The molecule has 0 radical (unpaired) electrons. The van der Waals surface area contributed by atoms with Crippen molar-refractivity contribution in [2.75, 3.05) is 19.0 Å². The number of nitrogens with one attached hydrogen (secondary N) is 2. The number of esters is 1. The molecule has 1 aromatic rings. The largest absolute Gasteiger partial charge is 0.487 e. The summed E-state index contributed by atoms with van der Waals surface area (Å²) in [4.78, 5) is 24.0. The molecule has 1 aromatic carbocycles. The molecule has 3 aliphatic rings. The molecule has 4 rings (SSSR count). The predicted octanol–water partition coefficient (Wildman–Crippen LogP) is 2.31. The van der Waals surface area contributed by atoms with Gasteiger partial charge in [-0.15, -0.1) is 0 Å². The lowest BCUT2D eigenvalue weighted by Crippen LogP contribution is -2.46. The van der Waals surface area contributed by atoms with E-state index >= 15 is 0 Å². The van der Waals surface area contributed by atoms with Gasteiger partial charge in [0.05, 0.1) is 26.2 Å². The lowest BCUT2D eigenvalue weighted by Gasteiger charge is -2.36. The highest BCUT2D eigenvalue weighted by Gasteiger charge is 2.46. The number of hydrogen-bond donors (Lipinski definition) is 3. The monoisotopic (exact) mass is 404 g/mol. The SMILES string of the molecule is COC(=O)C[C@H]1C[C@H]2c3cc(NC(=O)NC4CCCC4)ccc3O[C@H]2[C@@H](CO)O1. The maximum Gasteiger partial charge on any atom is 0.319 e. The molecule has 2 heterocycles. The highest BCUT2D eigenvalue weighted by atomic mass is 16.6. The number of aliphatic hydroxyl groups is 1. The van der Waals surface area contributed by atoms with Crippen LogP contribution in [-0.4, -0.2) is 55.2 Å². The standard InChI is InChI=1S/C21H28N2O6/c1-27-19(25)10-14-9-16-15-8-13(23-21(26)22-12-4-2-3-5-12)6-7-17(15)29-20(16)18(11-24)28-14/h6-8,12,14,16,18,20,24H,2-5,9-11H2,1H3,(H2,22,23,26)/t14-,16+,18-,20-/m1/s1. The number of hydrogen-bond acceptors (Lipinski definition) is 6. The van der Waals surface area contributed by atoms with Crippen LogP contribution in [0.3, 0.4) is 0 Å². The number of rotatable bonds is 5. The summed E-state index contributed by atoms with van der Waals surface area (Å²) in [5.41, 5.74) is 1.66. The van der Waals surface area contributed by atoms with Crippen molar-refractivity contribution in [2.24, 2.45) is 0 Å². The molecule has 2 fully saturated rings. The number of amides is 2. The van der Waals surface area contributed by atoms with Crippen molar-refractivity contribution in [3.63, 3.8) is 0 Å². The fraction of sp³-hybridized carbons (Fsp3) is 0.619. The van der Waals surface area contributed by atoms with E-state index in [-0.39, 0.29) is 49.2 Å². The summed E-state index contributed by atoms with van der Waals surface area (Å²) < 4.78 is 16.7. The molecule has 0 unspecified atom stereocenters. The van der Waals surface area contributed by atoms with E-state index in [1.807, 2.05) is 18.2 Å². The first-order chi connectivity index (χ1) is 14.1. The zero-order valence-electron chi connectivity index (χ0n) is 16.6. The zero-order valence-corrected chi connectivity index (χ0v) is 16.6. The van der Waals surface area contributed by atoms with Crippen molar-refractivity contribution in [3.05, 3.63) is 23.8 Å². The average Bonchev–Trinajstić information content (AvgIpc) is 3.34. The number of urea groups is 1. The van der Waals surface area contributed by atoms with Gasteiger partial charge < -0.3 is 30.0 Å². The normalized spacial score (nSPS) is 28.2. The van der Waals surface area contributed by atoms with Crippen molar-refractivity contribution in [1.82, 2.24) is 5.32 Å². The van der Waals surface area contributed by atoms with Crippen LogP contribution in [0.15, 0.2) is 18.2 Å². The number of carbonyl (C=O) groups is 2. The number of ether oxygens (including phenoxy) is 3. The molecule has 0 spiro atoms. The van der Waals surface area contributed by atoms with Gasteiger partial charge in [0.1, 0.15) is 18.0 Å². The summed E-state index contributed by atoms with van der Waals surface area (Å²) in [6, 6.07) is 5.62. The third-order valence-electron chi connectivity index (χ3n) is 6.07. The predicted molar refractivity (Wildman–Crippen MR) is 105 cm³/mol. The van der Waals surface area contributed by atoms with Gasteiger partial charge in [-0.25, -0.2) is 4.79 Å². The second-order valence-electron chi connectivity index (χ2n) is 8.02. The van der Waals surface area contributed by atoms with Crippen LogP contribution in [0, 0.1) is 0 Å². The molecule has 1 saturated heterocycles. The van der Waals surface area contributed by atoms with Crippen molar-refractivity contribution in [1.29, 1.82) is 0 Å². The van der Waals surface area contributed by atoms with Crippen LogP contribution >= 0.6 is 0 Å². The molecule has 29 heavy (non-hydrogen) atoms. The molecule has 0 bridgehead atoms. The molecule has 8 nitrogen and oxygen atoms in total. The smallest absolute Gasteiger partial charge is 0.319 e. The average molecular weight is 404 g/mol. The first-order valence-corrected chi connectivity index (χ1v) is 10.3. The van der Waals surface area contributed by atoms with Gasteiger partial charge in [0.2, 0.25) is 0 Å². The molecule has 2 aliphatic heterocycles. The van der Waals surface area contributed by atoms with Crippen LogP contribution in [0.2, 0.25) is 0 Å². The van der Waals surface area contributed by atoms with Gasteiger partial charge in [-0.3, -0.25) is 4.79 Å². The quantitative estimate of drug-likeness (QED) is 0.651. The van der Waals surface area contributed by atoms with E-state index in [1.165, 1.54) is 7.11 Å². The third-order valence-corrected chi connectivity index (χ3v) is 6.07. The Hall–Kier alpha value is -2.32. The van der Waals surface area contributed by atoms with Crippen LogP contribution in [0.1, 0.15) is 50.0 Å². The Labute approximate surface area is 169 Å². The first-order valence-electron chi connectivity index (χ1n) is 10.3. The summed E-state index contributed by atoms with van der Waals surface area (Å²) in [5.74, 6) is 0.357. The molecule has 2 amide bonds. The minimum Gasteiger partial charge on any atom is -0.487 e. The number of anilines is 1. The molecule has 1 aliphatic carbocycles. The van der Waals surface area contributed by atoms with Crippen LogP contribution < -0.4 is 15.4 Å². The Kier molecular flexibility index (Phi) is 5.91. The number of benzene rings is 1. The molecule has 158 valence electrons.